The van der Waals surface area contributed by atoms with Crippen molar-refractivity contribution in [2.24, 2.45) is 0 Å². The Kier molecular flexibility index (Phi) is 3.72. The van der Waals surface area contributed by atoms with E-state index in [1.807, 2.05) is 0 Å². The second-order valence-corrected chi connectivity index (χ2v) is 4.25. The summed E-state index contributed by atoms with van der Waals surface area (Å²) >= 11 is 5.87. The van der Waals surface area contributed by atoms with Gasteiger partial charge < -0.3 is 0 Å². The molecule has 4 heteroatoms. The Bertz CT molecular complexity index is 596. The maximum absolute atomic E-state index is 13.0. The number of rotatable bonds is 3. The number of Topliss-reactive ketones (excluding diaryl/α,β-unsaturated/α-hetero) is 1. The molecule has 0 amide bonds. The predicted molar refractivity (Wildman–Crippen MR) is 65.8 cm³/mol. The zero-order chi connectivity index (χ0) is 13.1. The van der Waals surface area contributed by atoms with Gasteiger partial charge in [0, 0.05) is 17.0 Å². The van der Waals surface area contributed by atoms with Crippen LogP contribution in [0.2, 0.25) is 5.02 Å². The minimum Gasteiger partial charge on any atom is -0.294 e. The third-order valence-electron chi connectivity index (χ3n) is 2.51. The lowest BCUT2D eigenvalue weighted by atomic mass is 10.0. The molecule has 0 spiro atoms. The fraction of sp³-hybridized carbons (Fsp3) is 0.0714. The van der Waals surface area contributed by atoms with E-state index in [0.717, 1.165) is 6.07 Å². The van der Waals surface area contributed by atoms with E-state index in [-0.39, 0.29) is 17.8 Å². The molecule has 92 valence electrons. The van der Waals surface area contributed by atoms with Gasteiger partial charge in [0.25, 0.3) is 0 Å². The van der Waals surface area contributed by atoms with Crippen LogP contribution in [0, 0.1) is 11.6 Å². The first-order chi connectivity index (χ1) is 8.56. The van der Waals surface area contributed by atoms with Crippen LogP contribution in [0.4, 0.5) is 8.78 Å². The van der Waals surface area contributed by atoms with Crippen LogP contribution in [-0.4, -0.2) is 5.78 Å². The van der Waals surface area contributed by atoms with Crippen molar-refractivity contribution in [3.63, 3.8) is 0 Å². The maximum Gasteiger partial charge on any atom is 0.167 e. The van der Waals surface area contributed by atoms with Gasteiger partial charge in [-0.2, -0.15) is 0 Å². The summed E-state index contributed by atoms with van der Waals surface area (Å²) in [5.41, 5.74) is 0.640. The molecule has 18 heavy (non-hydrogen) atoms. The highest BCUT2D eigenvalue weighted by atomic mass is 35.5. The zero-order valence-corrected chi connectivity index (χ0v) is 10.0. The van der Waals surface area contributed by atoms with Crippen LogP contribution >= 0.6 is 11.6 Å². The Balaban J connectivity index is 2.24. The molecule has 1 nitrogen and oxygen atoms in total. The highest BCUT2D eigenvalue weighted by molar-refractivity contribution is 6.31. The van der Waals surface area contributed by atoms with Crippen LogP contribution in [0.25, 0.3) is 0 Å². The number of ketones is 1. The minimum absolute atomic E-state index is 0.0555. The molecular formula is C14H9ClF2O. The molecule has 0 bridgehead atoms. The quantitative estimate of drug-likeness (QED) is 0.766. The van der Waals surface area contributed by atoms with Crippen LogP contribution < -0.4 is 0 Å². The van der Waals surface area contributed by atoms with Crippen LogP contribution in [0.1, 0.15) is 15.9 Å². The molecule has 2 aromatic rings. The molecule has 0 aliphatic rings. The Labute approximate surface area is 108 Å². The molecule has 0 saturated carbocycles. The maximum atomic E-state index is 13.0. The lowest BCUT2D eigenvalue weighted by molar-refractivity contribution is 0.0992. The minimum atomic E-state index is -0.480. The van der Waals surface area contributed by atoms with Crippen molar-refractivity contribution >= 4 is 17.4 Å². The molecule has 0 saturated heterocycles. The molecule has 0 radical (unpaired) electrons. The van der Waals surface area contributed by atoms with E-state index in [9.17, 15) is 13.6 Å². The number of benzene rings is 2. The summed E-state index contributed by atoms with van der Waals surface area (Å²) in [7, 11) is 0. The van der Waals surface area contributed by atoms with Crippen molar-refractivity contribution in [3.8, 4) is 0 Å². The third kappa shape index (κ3) is 2.93. The van der Waals surface area contributed by atoms with E-state index in [4.69, 9.17) is 11.6 Å². The van der Waals surface area contributed by atoms with Crippen molar-refractivity contribution in [2.45, 2.75) is 6.42 Å². The first-order valence-corrected chi connectivity index (χ1v) is 5.67. The van der Waals surface area contributed by atoms with Gasteiger partial charge in [0.05, 0.1) is 0 Å². The molecule has 0 aliphatic heterocycles. The third-order valence-corrected chi connectivity index (χ3v) is 2.87. The van der Waals surface area contributed by atoms with Gasteiger partial charge in [-0.15, -0.1) is 0 Å². The number of halogens is 3. The van der Waals surface area contributed by atoms with Crippen molar-refractivity contribution < 1.29 is 13.6 Å². The largest absolute Gasteiger partial charge is 0.294 e. The Hall–Kier alpha value is -1.74. The molecular weight excluding hydrogens is 258 g/mol. The summed E-state index contributed by atoms with van der Waals surface area (Å²) in [5, 5.41) is 0.321. The first-order valence-electron chi connectivity index (χ1n) is 5.29. The Morgan fingerprint density at radius 3 is 2.50 bits per heavy atom. The second kappa shape index (κ2) is 5.27. The van der Waals surface area contributed by atoms with E-state index in [2.05, 4.69) is 0 Å². The van der Waals surface area contributed by atoms with Crippen molar-refractivity contribution in [2.75, 3.05) is 0 Å². The molecule has 0 aromatic heterocycles. The molecule has 2 rings (SSSR count). The SMILES string of the molecule is O=C(Cc1cc(F)ccc1Cl)c1cccc(F)c1. The van der Waals surface area contributed by atoms with Crippen molar-refractivity contribution in [1.29, 1.82) is 0 Å². The average Bonchev–Trinajstić information content (AvgIpc) is 2.34. The van der Waals surface area contributed by atoms with Gasteiger partial charge in [-0.05, 0) is 35.9 Å². The lowest BCUT2D eigenvalue weighted by Gasteiger charge is -2.04. The van der Waals surface area contributed by atoms with E-state index >= 15 is 0 Å². The molecule has 0 atom stereocenters. The summed E-state index contributed by atoms with van der Waals surface area (Å²) < 4.78 is 26.0. The number of hydrogen-bond acceptors (Lipinski definition) is 1. The number of hydrogen-bond donors (Lipinski definition) is 0. The van der Waals surface area contributed by atoms with Gasteiger partial charge in [0.1, 0.15) is 11.6 Å². The van der Waals surface area contributed by atoms with Gasteiger partial charge in [0.15, 0.2) is 5.78 Å². The van der Waals surface area contributed by atoms with E-state index in [1.165, 1.54) is 36.4 Å². The van der Waals surface area contributed by atoms with Gasteiger partial charge in [-0.1, -0.05) is 23.7 Å². The van der Waals surface area contributed by atoms with Gasteiger partial charge in [0.2, 0.25) is 0 Å². The van der Waals surface area contributed by atoms with Crippen LogP contribution in [0.5, 0.6) is 0 Å². The molecule has 2 aromatic carbocycles. The average molecular weight is 267 g/mol. The van der Waals surface area contributed by atoms with Crippen molar-refractivity contribution in [3.05, 3.63) is 70.2 Å². The predicted octanol–water partition coefficient (Wildman–Crippen LogP) is 4.04. The molecule has 0 fully saturated rings. The monoisotopic (exact) mass is 266 g/mol. The first kappa shape index (κ1) is 12.7. The van der Waals surface area contributed by atoms with Crippen LogP contribution in [-0.2, 0) is 6.42 Å². The Morgan fingerprint density at radius 1 is 1.06 bits per heavy atom. The van der Waals surface area contributed by atoms with Crippen LogP contribution in [0.15, 0.2) is 42.5 Å². The summed E-state index contributed by atoms with van der Waals surface area (Å²) in [6.07, 6.45) is -0.0555. The summed E-state index contributed by atoms with van der Waals surface area (Å²) in [6, 6.07) is 9.19. The highest BCUT2D eigenvalue weighted by Crippen LogP contribution is 2.19. The normalized spacial score (nSPS) is 10.4. The molecule has 0 heterocycles. The highest BCUT2D eigenvalue weighted by Gasteiger charge is 2.11. The molecule has 0 unspecified atom stereocenters. The Morgan fingerprint density at radius 2 is 1.78 bits per heavy atom. The van der Waals surface area contributed by atoms with Crippen molar-refractivity contribution in [1.82, 2.24) is 0 Å². The summed E-state index contributed by atoms with van der Waals surface area (Å²) in [5.74, 6) is -1.24. The molecule has 0 aliphatic carbocycles. The number of carbonyl (C=O) groups is 1. The standard InChI is InChI=1S/C14H9ClF2O/c15-13-5-4-12(17)7-10(13)8-14(18)9-2-1-3-11(16)6-9/h1-7H,8H2. The molecule has 0 N–H and O–H groups in total. The zero-order valence-electron chi connectivity index (χ0n) is 9.29. The lowest BCUT2D eigenvalue weighted by Crippen LogP contribution is -2.04. The fourth-order valence-electron chi connectivity index (χ4n) is 1.62. The van der Waals surface area contributed by atoms with Gasteiger partial charge in [-0.25, -0.2) is 8.78 Å². The van der Waals surface area contributed by atoms with E-state index in [1.54, 1.807) is 0 Å². The van der Waals surface area contributed by atoms with Gasteiger partial charge in [-0.3, -0.25) is 4.79 Å². The van der Waals surface area contributed by atoms with Crippen LogP contribution in [0.3, 0.4) is 0 Å². The second-order valence-electron chi connectivity index (χ2n) is 3.85. The summed E-state index contributed by atoms with van der Waals surface area (Å²) in [4.78, 5) is 11.9. The number of carbonyl (C=O) groups excluding carboxylic acids is 1. The van der Waals surface area contributed by atoms with Gasteiger partial charge >= 0.3 is 0 Å². The topological polar surface area (TPSA) is 17.1 Å². The fourth-order valence-corrected chi connectivity index (χ4v) is 1.80. The smallest absolute Gasteiger partial charge is 0.167 e. The van der Waals surface area contributed by atoms with E-state index in [0.29, 0.717) is 10.6 Å². The summed E-state index contributed by atoms with van der Waals surface area (Å²) in [6.45, 7) is 0. The van der Waals surface area contributed by atoms with E-state index < -0.39 is 11.6 Å².